The Hall–Kier alpha value is -1.82. The SMILES string of the molecule is CCC[C@H]1[C@@H](O)[C@H](n2cnc3c(=O)[nH]c(N)nc32)O[C@@H]1COP(=O)(O)O. The number of aliphatic hydroxyl groups is 1. The topological polar surface area (TPSA) is 186 Å². The highest BCUT2D eigenvalue weighted by atomic mass is 31.2. The van der Waals surface area contributed by atoms with Crippen LogP contribution in [0.2, 0.25) is 0 Å². The number of nitrogen functional groups attached to an aromatic ring is 1. The molecule has 0 spiro atoms. The third kappa shape index (κ3) is 3.65. The number of phosphoric acid groups is 1. The molecular formula is C13H20N5O7P. The van der Waals surface area contributed by atoms with Crippen molar-refractivity contribution in [3.8, 4) is 0 Å². The standard InChI is InChI=1S/C13H20N5O7P/c1-2-3-6-7(4-24-26(21,22)23)25-12(9(6)19)18-5-15-8-10(18)16-13(14)17-11(8)20/h5-7,9,12,19H,2-4H2,1H3,(H2,21,22,23)(H3,14,16,17,20)/t6-,7-,9-,12-/m1/s1. The van der Waals surface area contributed by atoms with Crippen LogP contribution in [0, 0.1) is 5.92 Å². The van der Waals surface area contributed by atoms with E-state index in [0.717, 1.165) is 6.42 Å². The number of hydrogen-bond acceptors (Lipinski definition) is 8. The van der Waals surface area contributed by atoms with Gasteiger partial charge in [0.1, 0.15) is 6.10 Å². The van der Waals surface area contributed by atoms with E-state index < -0.39 is 37.7 Å². The van der Waals surface area contributed by atoms with Crippen molar-refractivity contribution in [2.75, 3.05) is 12.3 Å². The number of hydrogen-bond donors (Lipinski definition) is 5. The van der Waals surface area contributed by atoms with E-state index in [4.69, 9.17) is 20.3 Å². The maximum absolute atomic E-state index is 11.9. The maximum atomic E-state index is 11.9. The summed E-state index contributed by atoms with van der Waals surface area (Å²) in [5, 5.41) is 10.7. The Morgan fingerprint density at radius 2 is 2.23 bits per heavy atom. The molecule has 1 saturated heterocycles. The zero-order chi connectivity index (χ0) is 19.1. The third-order valence-electron chi connectivity index (χ3n) is 4.28. The van der Waals surface area contributed by atoms with E-state index in [0.29, 0.717) is 6.42 Å². The van der Waals surface area contributed by atoms with Gasteiger partial charge in [0.05, 0.1) is 19.0 Å². The zero-order valence-corrected chi connectivity index (χ0v) is 14.7. The molecule has 1 fully saturated rings. The second-order valence-corrected chi connectivity index (χ2v) is 7.31. The van der Waals surface area contributed by atoms with Gasteiger partial charge in [0.15, 0.2) is 17.4 Å². The highest BCUT2D eigenvalue weighted by Gasteiger charge is 2.45. The average Bonchev–Trinajstić information content (AvgIpc) is 3.08. The molecule has 12 nitrogen and oxygen atoms in total. The summed E-state index contributed by atoms with van der Waals surface area (Å²) < 4.78 is 22.7. The normalized spacial score (nSPS) is 26.6. The lowest BCUT2D eigenvalue weighted by Gasteiger charge is -2.19. The lowest BCUT2D eigenvalue weighted by Crippen LogP contribution is -2.28. The number of phosphoric ester groups is 1. The number of nitrogens with two attached hydrogens (primary N) is 1. The fourth-order valence-electron chi connectivity index (χ4n) is 3.17. The van der Waals surface area contributed by atoms with E-state index >= 15 is 0 Å². The molecule has 3 rings (SSSR count). The molecule has 26 heavy (non-hydrogen) atoms. The number of imidazole rings is 1. The second kappa shape index (κ2) is 7.06. The molecule has 1 aliphatic heterocycles. The van der Waals surface area contributed by atoms with Crippen LogP contribution < -0.4 is 11.3 Å². The minimum Gasteiger partial charge on any atom is -0.388 e. The first-order valence-corrected chi connectivity index (χ1v) is 9.50. The molecule has 0 radical (unpaired) electrons. The Kier molecular flexibility index (Phi) is 5.15. The molecule has 4 atom stereocenters. The first-order chi connectivity index (χ1) is 12.2. The van der Waals surface area contributed by atoms with E-state index in [1.54, 1.807) is 0 Å². The van der Waals surface area contributed by atoms with E-state index in [1.807, 2.05) is 6.92 Å². The molecule has 2 aromatic heterocycles. The summed E-state index contributed by atoms with van der Waals surface area (Å²) in [5.74, 6) is -0.531. The van der Waals surface area contributed by atoms with Crippen molar-refractivity contribution in [3.05, 3.63) is 16.7 Å². The van der Waals surface area contributed by atoms with E-state index in [1.165, 1.54) is 10.9 Å². The van der Waals surface area contributed by atoms with Crippen LogP contribution in [0.25, 0.3) is 11.2 Å². The molecule has 0 unspecified atom stereocenters. The molecule has 0 aliphatic carbocycles. The molecule has 1 aliphatic rings. The smallest absolute Gasteiger partial charge is 0.388 e. The minimum atomic E-state index is -4.67. The van der Waals surface area contributed by atoms with Crippen molar-refractivity contribution in [2.45, 2.75) is 38.2 Å². The molecule has 3 heterocycles. The monoisotopic (exact) mass is 389 g/mol. The molecule has 2 aromatic rings. The molecule has 0 aromatic carbocycles. The van der Waals surface area contributed by atoms with Crippen molar-refractivity contribution in [1.29, 1.82) is 0 Å². The number of aliphatic hydroxyl groups excluding tert-OH is 1. The molecule has 6 N–H and O–H groups in total. The van der Waals surface area contributed by atoms with Gasteiger partial charge >= 0.3 is 7.82 Å². The van der Waals surface area contributed by atoms with Crippen molar-refractivity contribution in [3.63, 3.8) is 0 Å². The summed E-state index contributed by atoms with van der Waals surface area (Å²) in [6, 6.07) is 0. The number of fused-ring (bicyclic) bond motifs is 1. The number of H-pyrrole nitrogens is 1. The fraction of sp³-hybridized carbons (Fsp3) is 0.615. The van der Waals surface area contributed by atoms with Crippen molar-refractivity contribution < 1.29 is 28.7 Å². The predicted molar refractivity (Wildman–Crippen MR) is 88.9 cm³/mol. The predicted octanol–water partition coefficient (Wildman–Crippen LogP) is -0.514. The van der Waals surface area contributed by atoms with Crippen molar-refractivity contribution in [1.82, 2.24) is 19.5 Å². The summed E-state index contributed by atoms with van der Waals surface area (Å²) in [4.78, 5) is 40.0. The minimum absolute atomic E-state index is 0.0389. The van der Waals surface area contributed by atoms with Crippen LogP contribution in [0.1, 0.15) is 26.0 Å². The van der Waals surface area contributed by atoms with E-state index in [-0.39, 0.29) is 23.7 Å². The highest BCUT2D eigenvalue weighted by Crippen LogP contribution is 2.41. The lowest BCUT2D eigenvalue weighted by atomic mass is 9.93. The van der Waals surface area contributed by atoms with Gasteiger partial charge in [0, 0.05) is 5.92 Å². The first-order valence-electron chi connectivity index (χ1n) is 7.97. The Morgan fingerprint density at radius 1 is 1.50 bits per heavy atom. The Morgan fingerprint density at radius 3 is 2.88 bits per heavy atom. The summed E-state index contributed by atoms with van der Waals surface area (Å²) >= 11 is 0. The average molecular weight is 389 g/mol. The number of ether oxygens (including phenoxy) is 1. The number of aromatic amines is 1. The van der Waals surface area contributed by atoms with E-state index in [2.05, 4.69) is 19.5 Å². The zero-order valence-electron chi connectivity index (χ0n) is 13.8. The molecule has 0 amide bonds. The van der Waals surface area contributed by atoms with Crippen LogP contribution in [0.5, 0.6) is 0 Å². The highest BCUT2D eigenvalue weighted by molar-refractivity contribution is 7.46. The van der Waals surface area contributed by atoms with Gasteiger partial charge in [0.25, 0.3) is 5.56 Å². The summed E-state index contributed by atoms with van der Waals surface area (Å²) in [7, 11) is -4.67. The molecule has 0 saturated carbocycles. The molecular weight excluding hydrogens is 369 g/mol. The third-order valence-corrected chi connectivity index (χ3v) is 4.76. The molecule has 0 bridgehead atoms. The number of rotatable bonds is 6. The van der Waals surface area contributed by atoms with Crippen molar-refractivity contribution >= 4 is 24.9 Å². The second-order valence-electron chi connectivity index (χ2n) is 6.07. The van der Waals surface area contributed by atoms with Gasteiger partial charge in [-0.15, -0.1) is 0 Å². The first kappa shape index (κ1) is 19.0. The number of nitrogens with zero attached hydrogens (tertiary/aromatic N) is 3. The fourth-order valence-corrected chi connectivity index (χ4v) is 3.52. The molecule has 13 heteroatoms. The Balaban J connectivity index is 1.93. The quantitative estimate of drug-likeness (QED) is 0.403. The maximum Gasteiger partial charge on any atom is 0.469 e. The van der Waals surface area contributed by atoms with Gasteiger partial charge in [0.2, 0.25) is 5.95 Å². The number of aromatic nitrogens is 4. The summed E-state index contributed by atoms with van der Waals surface area (Å²) in [5.41, 5.74) is 5.22. The van der Waals surface area contributed by atoms with Gasteiger partial charge in [-0.2, -0.15) is 4.98 Å². The van der Waals surface area contributed by atoms with Crippen molar-refractivity contribution in [2.24, 2.45) is 5.92 Å². The number of anilines is 1. The van der Waals surface area contributed by atoms with Gasteiger partial charge < -0.3 is 25.4 Å². The van der Waals surface area contributed by atoms with Crippen LogP contribution in [0.15, 0.2) is 11.1 Å². The molecule has 144 valence electrons. The Labute approximate surface area is 147 Å². The van der Waals surface area contributed by atoms with Crippen LogP contribution in [0.4, 0.5) is 5.95 Å². The largest absolute Gasteiger partial charge is 0.469 e. The van der Waals surface area contributed by atoms with Gasteiger partial charge in [-0.3, -0.25) is 18.9 Å². The van der Waals surface area contributed by atoms with Crippen LogP contribution >= 0.6 is 7.82 Å². The van der Waals surface area contributed by atoms with E-state index in [9.17, 15) is 14.5 Å². The van der Waals surface area contributed by atoms with Crippen LogP contribution in [-0.4, -0.2) is 53.2 Å². The summed E-state index contributed by atoms with van der Waals surface area (Å²) in [6.45, 7) is 1.53. The number of nitrogens with one attached hydrogen (secondary N) is 1. The lowest BCUT2D eigenvalue weighted by molar-refractivity contribution is -0.0487. The van der Waals surface area contributed by atoms with Crippen LogP contribution in [-0.2, 0) is 13.8 Å². The summed E-state index contributed by atoms with van der Waals surface area (Å²) in [6.07, 6.45) is -0.139. The van der Waals surface area contributed by atoms with Gasteiger partial charge in [-0.25, -0.2) is 9.55 Å². The Bertz CT molecular complexity index is 893. The van der Waals surface area contributed by atoms with Gasteiger partial charge in [-0.1, -0.05) is 13.3 Å². The van der Waals surface area contributed by atoms with Crippen LogP contribution in [0.3, 0.4) is 0 Å². The van der Waals surface area contributed by atoms with Gasteiger partial charge in [-0.05, 0) is 6.42 Å².